The quantitative estimate of drug-likeness (QED) is 0.253. The monoisotopic (exact) mass is 540 g/mol. The average Bonchev–Trinajstić information content (AvgIpc) is 2.91. The smallest absolute Gasteiger partial charge is 0.193 e. The number of rotatable bonds is 7. The summed E-state index contributed by atoms with van der Waals surface area (Å²) >= 11 is 6.02. The third-order valence-corrected chi connectivity index (χ3v) is 5.29. The number of nitrogens with zero attached hydrogens (tertiary/aromatic N) is 3. The fourth-order valence-electron chi connectivity index (χ4n) is 2.54. The maximum absolute atomic E-state index is 11.5. The molecule has 0 saturated carbocycles. The zero-order valence-electron chi connectivity index (χ0n) is 16.3. The number of aliphatic imine (C=N–C) groups is 1. The number of sulfone groups is 1. The molecule has 0 aliphatic carbocycles. The van der Waals surface area contributed by atoms with Gasteiger partial charge in [-0.05, 0) is 30.3 Å². The Hall–Kier alpha value is -1.46. The minimum absolute atomic E-state index is 0. The van der Waals surface area contributed by atoms with Gasteiger partial charge in [0.05, 0.1) is 23.0 Å². The van der Waals surface area contributed by atoms with E-state index in [1.165, 1.54) is 18.4 Å². The number of nitrogens with one attached hydrogen (secondary N) is 1. The lowest BCUT2D eigenvalue weighted by molar-refractivity contribution is 0.318. The number of halogens is 2. The first-order valence-electron chi connectivity index (χ1n) is 8.36. The van der Waals surface area contributed by atoms with E-state index >= 15 is 0 Å². The van der Waals surface area contributed by atoms with E-state index in [2.05, 4.69) is 10.3 Å². The highest BCUT2D eigenvalue weighted by Crippen LogP contribution is 2.16. The lowest BCUT2D eigenvalue weighted by Crippen LogP contribution is -2.40. The van der Waals surface area contributed by atoms with Crippen molar-refractivity contribution in [1.82, 2.24) is 14.8 Å². The molecule has 0 aliphatic rings. The van der Waals surface area contributed by atoms with Gasteiger partial charge in [-0.1, -0.05) is 11.6 Å². The van der Waals surface area contributed by atoms with Gasteiger partial charge < -0.3 is 19.5 Å². The summed E-state index contributed by atoms with van der Waals surface area (Å²) in [4.78, 5) is 6.54. The van der Waals surface area contributed by atoms with Crippen molar-refractivity contribution >= 4 is 51.4 Å². The molecule has 0 saturated heterocycles. The number of hydrogen-bond donors (Lipinski definition) is 1. The summed E-state index contributed by atoms with van der Waals surface area (Å²) in [7, 11) is 2.43. The summed E-state index contributed by atoms with van der Waals surface area (Å²) in [6.45, 7) is 1.64. The molecule has 0 bridgehead atoms. The van der Waals surface area contributed by atoms with Crippen molar-refractivity contribution in [3.05, 3.63) is 47.2 Å². The second-order valence-corrected chi connectivity index (χ2v) is 8.63. The van der Waals surface area contributed by atoms with Crippen molar-refractivity contribution in [2.45, 2.75) is 11.4 Å². The topological polar surface area (TPSA) is 75.9 Å². The lowest BCUT2D eigenvalue weighted by atomic mass is 10.3. The van der Waals surface area contributed by atoms with E-state index < -0.39 is 9.84 Å². The first-order chi connectivity index (χ1) is 12.7. The van der Waals surface area contributed by atoms with E-state index in [-0.39, 0.29) is 28.9 Å². The molecule has 1 heterocycles. The molecule has 10 heteroatoms. The fraction of sp³-hybridized carbons (Fsp3) is 0.389. The van der Waals surface area contributed by atoms with Gasteiger partial charge in [0.25, 0.3) is 0 Å². The zero-order valence-corrected chi connectivity index (χ0v) is 20.2. The second kappa shape index (κ2) is 10.9. The Morgan fingerprint density at radius 1 is 1.32 bits per heavy atom. The Labute approximate surface area is 188 Å². The Morgan fingerprint density at radius 2 is 1.96 bits per heavy atom. The summed E-state index contributed by atoms with van der Waals surface area (Å²) in [5.74, 6) is 1.36. The summed E-state index contributed by atoms with van der Waals surface area (Å²) in [6, 6.07) is 8.30. The van der Waals surface area contributed by atoms with Crippen LogP contribution in [0.2, 0.25) is 5.02 Å². The van der Waals surface area contributed by atoms with E-state index in [4.69, 9.17) is 16.3 Å². The van der Waals surface area contributed by atoms with Gasteiger partial charge in [0.2, 0.25) is 0 Å². The van der Waals surface area contributed by atoms with Crippen LogP contribution < -0.4 is 10.1 Å². The number of aromatic nitrogens is 1. The van der Waals surface area contributed by atoms with E-state index in [0.29, 0.717) is 30.5 Å². The van der Waals surface area contributed by atoms with Crippen LogP contribution in [-0.4, -0.2) is 57.3 Å². The highest BCUT2D eigenvalue weighted by Gasteiger charge is 2.10. The highest BCUT2D eigenvalue weighted by atomic mass is 127. The summed E-state index contributed by atoms with van der Waals surface area (Å²) in [5, 5.41) is 3.94. The Bertz CT molecular complexity index is 898. The van der Waals surface area contributed by atoms with Crippen LogP contribution in [0, 0.1) is 0 Å². The van der Waals surface area contributed by atoms with Crippen molar-refractivity contribution in [3.8, 4) is 5.75 Å². The van der Waals surface area contributed by atoms with Crippen molar-refractivity contribution < 1.29 is 13.2 Å². The summed E-state index contributed by atoms with van der Waals surface area (Å²) in [5.41, 5.74) is 1.08. The lowest BCUT2D eigenvalue weighted by Gasteiger charge is -2.22. The molecule has 7 nitrogen and oxygen atoms in total. The number of ether oxygens (including phenoxy) is 1. The molecule has 0 atom stereocenters. The molecule has 0 unspecified atom stereocenters. The van der Waals surface area contributed by atoms with E-state index in [1.807, 2.05) is 35.8 Å². The molecule has 2 aromatic rings. The highest BCUT2D eigenvalue weighted by molar-refractivity contribution is 14.0. The van der Waals surface area contributed by atoms with Gasteiger partial charge in [0.1, 0.15) is 12.4 Å². The minimum atomic E-state index is -3.20. The van der Waals surface area contributed by atoms with Crippen molar-refractivity contribution in [2.75, 3.05) is 33.5 Å². The van der Waals surface area contributed by atoms with Gasteiger partial charge in [-0.3, -0.25) is 4.99 Å². The Kier molecular flexibility index (Phi) is 9.58. The van der Waals surface area contributed by atoms with Gasteiger partial charge in [0.15, 0.2) is 15.8 Å². The van der Waals surface area contributed by atoms with Gasteiger partial charge >= 0.3 is 0 Å². The predicted octanol–water partition coefficient (Wildman–Crippen LogP) is 2.79. The van der Waals surface area contributed by atoms with Crippen molar-refractivity contribution in [1.29, 1.82) is 0 Å². The molecule has 0 radical (unpaired) electrons. The molecule has 0 aliphatic heterocycles. The summed E-state index contributed by atoms with van der Waals surface area (Å²) < 4.78 is 30.5. The maximum atomic E-state index is 11.5. The Morgan fingerprint density at radius 3 is 2.46 bits per heavy atom. The first-order valence-corrected chi connectivity index (χ1v) is 10.6. The summed E-state index contributed by atoms with van der Waals surface area (Å²) in [6.07, 6.45) is 3.04. The maximum Gasteiger partial charge on any atom is 0.193 e. The fourth-order valence-corrected chi connectivity index (χ4v) is 3.44. The minimum Gasteiger partial charge on any atom is -0.492 e. The van der Waals surface area contributed by atoms with E-state index in [0.717, 1.165) is 11.7 Å². The largest absolute Gasteiger partial charge is 0.492 e. The number of hydrogen-bond acceptors (Lipinski definition) is 4. The van der Waals surface area contributed by atoms with E-state index in [1.54, 1.807) is 19.2 Å². The molecule has 2 rings (SSSR count). The van der Waals surface area contributed by atoms with Gasteiger partial charge in [-0.15, -0.1) is 24.0 Å². The third-order valence-electron chi connectivity index (χ3n) is 3.95. The zero-order chi connectivity index (χ0) is 20.0. The third kappa shape index (κ3) is 7.17. The van der Waals surface area contributed by atoms with Crippen LogP contribution in [0.3, 0.4) is 0 Å². The van der Waals surface area contributed by atoms with Gasteiger partial charge in [-0.25, -0.2) is 8.42 Å². The number of benzene rings is 1. The second-order valence-electron chi connectivity index (χ2n) is 6.18. The van der Waals surface area contributed by atoms with Crippen LogP contribution in [0.5, 0.6) is 5.75 Å². The van der Waals surface area contributed by atoms with Crippen molar-refractivity contribution in [2.24, 2.45) is 12.0 Å². The first kappa shape index (κ1) is 24.6. The molecule has 156 valence electrons. The molecule has 0 amide bonds. The van der Waals surface area contributed by atoms with Crippen LogP contribution in [0.25, 0.3) is 0 Å². The molecule has 1 N–H and O–H groups in total. The molecular weight excluding hydrogens is 515 g/mol. The molecule has 1 aromatic carbocycles. The normalized spacial score (nSPS) is 11.7. The number of aryl methyl sites for hydroxylation is 1. The van der Waals surface area contributed by atoms with Crippen LogP contribution in [-0.2, 0) is 23.4 Å². The van der Waals surface area contributed by atoms with Crippen LogP contribution in [0.15, 0.2) is 46.4 Å². The van der Waals surface area contributed by atoms with Crippen molar-refractivity contribution in [3.63, 3.8) is 0 Å². The molecule has 28 heavy (non-hydrogen) atoms. The SMILES string of the molecule is CN=C(NCCOc1ccc(S(C)(=O)=O)cc1)N(C)Cc1cc(Cl)cn1C.I. The number of guanidine groups is 1. The van der Waals surface area contributed by atoms with Crippen LogP contribution in [0.1, 0.15) is 5.69 Å². The predicted molar refractivity (Wildman–Crippen MR) is 124 cm³/mol. The van der Waals surface area contributed by atoms with Gasteiger partial charge in [-0.2, -0.15) is 0 Å². The molecule has 0 fully saturated rings. The molecule has 1 aromatic heterocycles. The standard InChI is InChI=1S/C18H25ClN4O3S.HI/c1-20-18(23(3)13-15-11-14(19)12-22(15)2)21-9-10-26-16-5-7-17(8-6-16)27(4,24)25;/h5-8,11-12H,9-10,13H2,1-4H3,(H,20,21);1H. The van der Waals surface area contributed by atoms with Gasteiger partial charge in [0, 0.05) is 39.3 Å². The van der Waals surface area contributed by atoms with Crippen LogP contribution in [0.4, 0.5) is 0 Å². The van der Waals surface area contributed by atoms with Crippen LogP contribution >= 0.6 is 35.6 Å². The van der Waals surface area contributed by atoms with E-state index in [9.17, 15) is 8.42 Å². The average molecular weight is 541 g/mol. The Balaban J connectivity index is 0.00000392. The molecular formula is C18H26ClIN4O3S. The molecule has 0 spiro atoms.